The Morgan fingerprint density at radius 2 is 1.11 bits per heavy atom. The van der Waals surface area contributed by atoms with Crippen molar-refractivity contribution in [2.45, 2.75) is 31.7 Å². The summed E-state index contributed by atoms with van der Waals surface area (Å²) in [4.78, 5) is 18.7. The molecule has 1 aliphatic heterocycles. The van der Waals surface area contributed by atoms with Gasteiger partial charge in [0.05, 0.1) is 38.8 Å². The van der Waals surface area contributed by atoms with E-state index in [2.05, 4.69) is 214 Å². The van der Waals surface area contributed by atoms with Crippen molar-refractivity contribution in [3.63, 3.8) is 0 Å². The molecular weight excluding hydrogens is 807 g/mol. The summed E-state index contributed by atoms with van der Waals surface area (Å²) in [6, 6.07) is 59.0. The number of nitrogens with zero attached hydrogens (tertiary/aromatic N) is 7. The van der Waals surface area contributed by atoms with Crippen LogP contribution in [-0.2, 0) is 6.42 Å². The van der Waals surface area contributed by atoms with Crippen molar-refractivity contribution in [3.8, 4) is 29.0 Å². The van der Waals surface area contributed by atoms with Crippen LogP contribution in [0.2, 0.25) is 0 Å². The third-order valence-corrected chi connectivity index (χ3v) is 14.5. The van der Waals surface area contributed by atoms with E-state index in [-0.39, 0.29) is 11.5 Å². The quantitative estimate of drug-likeness (QED) is 0.173. The summed E-state index contributed by atoms with van der Waals surface area (Å²) in [5, 5.41) is 5.99. The fourth-order valence-corrected chi connectivity index (χ4v) is 11.5. The summed E-state index contributed by atoms with van der Waals surface area (Å²) in [6.45, 7) is 4.65. The van der Waals surface area contributed by atoms with Gasteiger partial charge in [0, 0.05) is 55.5 Å². The Hall–Kier alpha value is -8.29. The number of hydrogen-bond acceptors (Lipinski definition) is 4. The van der Waals surface area contributed by atoms with Crippen LogP contribution in [0.1, 0.15) is 36.6 Å². The molecule has 3 aliphatic rings. The van der Waals surface area contributed by atoms with Crippen LogP contribution in [-0.4, -0.2) is 34.2 Å². The number of rotatable bonds is 5. The lowest BCUT2D eigenvalue weighted by molar-refractivity contribution is 0.542. The second-order valence-electron chi connectivity index (χ2n) is 18.3. The van der Waals surface area contributed by atoms with Crippen molar-refractivity contribution >= 4 is 72.0 Å². The Morgan fingerprint density at radius 3 is 1.86 bits per heavy atom. The van der Waals surface area contributed by atoms with Gasteiger partial charge in [-0.1, -0.05) is 140 Å². The third-order valence-electron chi connectivity index (χ3n) is 14.5. The van der Waals surface area contributed by atoms with Crippen LogP contribution in [0, 0.1) is 5.92 Å². The predicted octanol–water partition coefficient (Wildman–Crippen LogP) is 14.0. The van der Waals surface area contributed by atoms with Crippen molar-refractivity contribution in [2.24, 2.45) is 5.92 Å². The minimum absolute atomic E-state index is 0.243. The maximum Gasteiger partial charge on any atom is 0.240 e. The van der Waals surface area contributed by atoms with Gasteiger partial charge in [0.15, 0.2) is 5.82 Å². The Labute approximate surface area is 381 Å². The molecule has 14 rings (SSSR count). The fraction of sp³-hybridized carbons (Fsp3) is 0.102. The molecule has 11 aromatic rings. The monoisotopic (exact) mass is 849 g/mol. The molecule has 2 aliphatic carbocycles. The van der Waals surface area contributed by atoms with Gasteiger partial charge in [0.25, 0.3) is 0 Å². The standard InChI is InChI=1S/C59H43N7/c1-37-27-30-52-45(34-37)47-35-39(63-49-23-10-6-18-41(49)42-19-7-11-24-50(42)63)28-31-54(47)65(52)58-61-56(38-16-4-3-5-17-38)60-57(62-58)64-51-25-12-8-20-43(51)46-36-40(29-32-53(46)64)66-55-26-13-9-21-44(55)48-22-14-15-33-59(48,66)2/h3-33,35-37,48H,34H2,1-2H3. The van der Waals surface area contributed by atoms with Gasteiger partial charge in [-0.15, -0.1) is 0 Å². The summed E-state index contributed by atoms with van der Waals surface area (Å²) in [6.07, 6.45) is 14.6. The second kappa shape index (κ2) is 13.9. The summed E-state index contributed by atoms with van der Waals surface area (Å²) in [5.74, 6) is 2.42. The largest absolute Gasteiger partial charge is 0.331 e. The molecule has 0 saturated heterocycles. The highest BCUT2D eigenvalue weighted by molar-refractivity contribution is 6.11. The van der Waals surface area contributed by atoms with E-state index in [0.717, 1.165) is 56.4 Å². The molecule has 0 fully saturated rings. The van der Waals surface area contributed by atoms with E-state index in [1.54, 1.807) is 0 Å². The number of fused-ring (bicyclic) bond motifs is 12. The van der Waals surface area contributed by atoms with E-state index in [4.69, 9.17) is 15.0 Å². The van der Waals surface area contributed by atoms with Crippen LogP contribution in [0.3, 0.4) is 0 Å². The van der Waals surface area contributed by atoms with Crippen LogP contribution in [0.5, 0.6) is 0 Å². The van der Waals surface area contributed by atoms with Crippen LogP contribution in [0.4, 0.5) is 11.4 Å². The average molecular weight is 850 g/mol. The molecular formula is C59H43N7. The maximum absolute atomic E-state index is 5.51. The highest BCUT2D eigenvalue weighted by atomic mass is 15.3. The van der Waals surface area contributed by atoms with Crippen LogP contribution >= 0.6 is 0 Å². The van der Waals surface area contributed by atoms with E-state index in [1.807, 2.05) is 18.2 Å². The summed E-state index contributed by atoms with van der Waals surface area (Å²) >= 11 is 0. The Bertz CT molecular complexity index is 3860. The Morgan fingerprint density at radius 1 is 0.515 bits per heavy atom. The second-order valence-corrected chi connectivity index (χ2v) is 18.3. The summed E-state index contributed by atoms with van der Waals surface area (Å²) < 4.78 is 6.90. The zero-order valence-electron chi connectivity index (χ0n) is 36.5. The highest BCUT2D eigenvalue weighted by Crippen LogP contribution is 2.54. The van der Waals surface area contributed by atoms with E-state index in [9.17, 15) is 0 Å². The minimum Gasteiger partial charge on any atom is -0.331 e. The molecule has 0 saturated carbocycles. The molecule has 66 heavy (non-hydrogen) atoms. The zero-order valence-corrected chi connectivity index (χ0v) is 36.5. The molecule has 4 aromatic heterocycles. The fourth-order valence-electron chi connectivity index (χ4n) is 11.5. The average Bonchev–Trinajstić information content (AvgIpc) is 4.06. The summed E-state index contributed by atoms with van der Waals surface area (Å²) in [5.41, 5.74) is 13.5. The number of anilines is 2. The Kier molecular flexibility index (Phi) is 7.79. The van der Waals surface area contributed by atoms with E-state index in [0.29, 0.717) is 23.6 Å². The van der Waals surface area contributed by atoms with Crippen molar-refractivity contribution in [1.29, 1.82) is 0 Å². The Balaban J connectivity index is 0.992. The lowest BCUT2D eigenvalue weighted by atomic mass is 9.80. The number of hydrogen-bond donors (Lipinski definition) is 0. The van der Waals surface area contributed by atoms with Gasteiger partial charge in [0.1, 0.15) is 0 Å². The maximum atomic E-state index is 5.51. The van der Waals surface area contributed by atoms with Gasteiger partial charge in [-0.05, 0) is 97.1 Å². The first kappa shape index (κ1) is 37.1. The summed E-state index contributed by atoms with van der Waals surface area (Å²) in [7, 11) is 0. The molecule has 7 nitrogen and oxygen atoms in total. The third kappa shape index (κ3) is 5.22. The SMILES string of the molecule is CC1C=Cc2c(c3cc(-n4c5ccccc5c5ccccc54)ccc3n2-c2nc(-c3ccccc3)nc(-n3c4ccccc4c4cc(N5c6ccccc6C6C=CC=CC65C)ccc43)n2)C1. The molecule has 0 N–H and O–H groups in total. The number of allylic oxidation sites excluding steroid dienone is 3. The number of aromatic nitrogens is 6. The van der Waals surface area contributed by atoms with Gasteiger partial charge >= 0.3 is 0 Å². The first-order chi connectivity index (χ1) is 32.5. The molecule has 314 valence electrons. The van der Waals surface area contributed by atoms with Gasteiger partial charge in [-0.3, -0.25) is 9.13 Å². The van der Waals surface area contributed by atoms with Gasteiger partial charge in [0.2, 0.25) is 11.9 Å². The number of para-hydroxylation sites is 4. The van der Waals surface area contributed by atoms with Crippen molar-refractivity contribution in [1.82, 2.24) is 28.7 Å². The zero-order chi connectivity index (χ0) is 43.7. The minimum atomic E-state index is -0.243. The van der Waals surface area contributed by atoms with Crippen molar-refractivity contribution in [2.75, 3.05) is 4.90 Å². The molecule has 0 bridgehead atoms. The lowest BCUT2D eigenvalue weighted by Crippen LogP contribution is -2.41. The molecule has 5 heterocycles. The molecule has 3 atom stereocenters. The van der Waals surface area contributed by atoms with Gasteiger partial charge in [-0.2, -0.15) is 15.0 Å². The highest BCUT2D eigenvalue weighted by Gasteiger charge is 2.46. The van der Waals surface area contributed by atoms with Crippen LogP contribution < -0.4 is 4.90 Å². The topological polar surface area (TPSA) is 56.7 Å². The van der Waals surface area contributed by atoms with E-state index >= 15 is 0 Å². The lowest BCUT2D eigenvalue weighted by Gasteiger charge is -2.39. The van der Waals surface area contributed by atoms with Crippen molar-refractivity contribution < 1.29 is 0 Å². The number of benzene rings is 7. The van der Waals surface area contributed by atoms with Gasteiger partial charge < -0.3 is 9.47 Å². The molecule has 0 radical (unpaired) electrons. The van der Waals surface area contributed by atoms with Crippen molar-refractivity contribution in [3.05, 3.63) is 211 Å². The first-order valence-corrected chi connectivity index (χ1v) is 23.0. The molecule has 0 spiro atoms. The molecule has 0 amide bonds. The van der Waals surface area contributed by atoms with Gasteiger partial charge in [-0.25, -0.2) is 0 Å². The predicted molar refractivity (Wildman–Crippen MR) is 271 cm³/mol. The smallest absolute Gasteiger partial charge is 0.240 e. The molecule has 3 unspecified atom stereocenters. The molecule has 7 heteroatoms. The van der Waals surface area contributed by atoms with E-state index < -0.39 is 0 Å². The normalized spacial score (nSPS) is 18.5. The van der Waals surface area contributed by atoms with E-state index in [1.165, 1.54) is 44.0 Å². The first-order valence-electron chi connectivity index (χ1n) is 23.0. The van der Waals surface area contributed by atoms with Crippen LogP contribution in [0.25, 0.3) is 89.6 Å². The van der Waals surface area contributed by atoms with Crippen LogP contribution in [0.15, 0.2) is 194 Å². The molecule has 7 aromatic carbocycles.